The van der Waals surface area contributed by atoms with Crippen LogP contribution in [0.4, 0.5) is 0 Å². The molecular formula is C9H19NO2. The van der Waals surface area contributed by atoms with Crippen molar-refractivity contribution in [1.29, 1.82) is 0 Å². The number of aliphatic hydroxyl groups is 1. The fourth-order valence-electron chi connectivity index (χ4n) is 1.62. The molecule has 0 amide bonds. The minimum atomic E-state index is -0.269. The van der Waals surface area contributed by atoms with Crippen LogP contribution in [-0.4, -0.2) is 37.5 Å². The first-order chi connectivity index (χ1) is 5.83. The van der Waals surface area contributed by atoms with Crippen molar-refractivity contribution in [1.82, 2.24) is 5.32 Å². The molecule has 0 saturated carbocycles. The molecule has 2 atom stereocenters. The van der Waals surface area contributed by atoms with E-state index in [1.54, 1.807) is 0 Å². The molecule has 3 nitrogen and oxygen atoms in total. The Balaban J connectivity index is 2.03. The zero-order valence-corrected chi connectivity index (χ0v) is 7.75. The van der Waals surface area contributed by atoms with Crippen LogP contribution in [0.2, 0.25) is 0 Å². The first kappa shape index (κ1) is 9.96. The third-order valence-corrected chi connectivity index (χ3v) is 2.28. The third-order valence-electron chi connectivity index (χ3n) is 2.28. The van der Waals surface area contributed by atoms with Gasteiger partial charge in [0, 0.05) is 6.61 Å². The Labute approximate surface area is 74.1 Å². The number of ether oxygens (including phenoxy) is 1. The number of hydrogen-bond acceptors (Lipinski definition) is 3. The van der Waals surface area contributed by atoms with E-state index < -0.39 is 0 Å². The van der Waals surface area contributed by atoms with Gasteiger partial charge in [-0.1, -0.05) is 0 Å². The topological polar surface area (TPSA) is 41.5 Å². The molecule has 0 aromatic carbocycles. The van der Waals surface area contributed by atoms with E-state index in [2.05, 4.69) is 5.32 Å². The zero-order valence-electron chi connectivity index (χ0n) is 7.75. The molecule has 12 heavy (non-hydrogen) atoms. The lowest BCUT2D eigenvalue weighted by Gasteiger charge is -2.14. The maximum atomic E-state index is 9.49. The molecule has 2 unspecified atom stereocenters. The van der Waals surface area contributed by atoms with Crippen molar-refractivity contribution >= 4 is 0 Å². The second-order valence-electron chi connectivity index (χ2n) is 3.41. The Bertz CT molecular complexity index is 113. The molecule has 0 aromatic heterocycles. The molecule has 0 radical (unpaired) electrons. The molecule has 0 spiro atoms. The van der Waals surface area contributed by atoms with E-state index in [-0.39, 0.29) is 6.10 Å². The average Bonchev–Trinajstić information content (AvgIpc) is 2.53. The van der Waals surface area contributed by atoms with Crippen molar-refractivity contribution in [2.75, 3.05) is 26.3 Å². The molecule has 0 aliphatic carbocycles. The van der Waals surface area contributed by atoms with Crippen LogP contribution in [0.3, 0.4) is 0 Å². The van der Waals surface area contributed by atoms with Crippen molar-refractivity contribution in [3.63, 3.8) is 0 Å². The zero-order chi connectivity index (χ0) is 8.81. The van der Waals surface area contributed by atoms with E-state index >= 15 is 0 Å². The SMILES string of the molecule is CCOCC(O)CC1CCNC1. The van der Waals surface area contributed by atoms with Crippen LogP contribution in [0.15, 0.2) is 0 Å². The minimum Gasteiger partial charge on any atom is -0.391 e. The maximum Gasteiger partial charge on any atom is 0.0776 e. The summed E-state index contributed by atoms with van der Waals surface area (Å²) in [6, 6.07) is 0. The highest BCUT2D eigenvalue weighted by Gasteiger charge is 2.18. The summed E-state index contributed by atoms with van der Waals surface area (Å²) in [5, 5.41) is 12.8. The Morgan fingerprint density at radius 2 is 2.50 bits per heavy atom. The van der Waals surface area contributed by atoms with Crippen molar-refractivity contribution in [3.05, 3.63) is 0 Å². The summed E-state index contributed by atoms with van der Waals surface area (Å²) in [5.41, 5.74) is 0. The van der Waals surface area contributed by atoms with Gasteiger partial charge in [-0.3, -0.25) is 0 Å². The monoisotopic (exact) mass is 173 g/mol. The lowest BCUT2D eigenvalue weighted by Crippen LogP contribution is -2.20. The molecule has 2 N–H and O–H groups in total. The summed E-state index contributed by atoms with van der Waals surface area (Å²) in [6.45, 7) is 5.30. The quantitative estimate of drug-likeness (QED) is 0.631. The summed E-state index contributed by atoms with van der Waals surface area (Å²) in [7, 11) is 0. The maximum absolute atomic E-state index is 9.49. The van der Waals surface area contributed by atoms with Crippen LogP contribution in [0, 0.1) is 5.92 Å². The molecule has 0 bridgehead atoms. The standard InChI is InChI=1S/C9H19NO2/c1-2-12-7-9(11)5-8-3-4-10-6-8/h8-11H,2-7H2,1H3. The van der Waals surface area contributed by atoms with Gasteiger partial charge in [0.15, 0.2) is 0 Å². The van der Waals surface area contributed by atoms with Crippen molar-refractivity contribution < 1.29 is 9.84 Å². The Kier molecular flexibility index (Phi) is 4.58. The van der Waals surface area contributed by atoms with Gasteiger partial charge < -0.3 is 15.2 Å². The van der Waals surface area contributed by atoms with Crippen molar-refractivity contribution in [2.24, 2.45) is 5.92 Å². The van der Waals surface area contributed by atoms with Gasteiger partial charge >= 0.3 is 0 Å². The van der Waals surface area contributed by atoms with E-state index in [4.69, 9.17) is 4.74 Å². The van der Waals surface area contributed by atoms with Gasteiger partial charge in [-0.05, 0) is 38.8 Å². The Hall–Kier alpha value is -0.120. The molecule has 0 aromatic rings. The van der Waals surface area contributed by atoms with Crippen LogP contribution in [0.5, 0.6) is 0 Å². The summed E-state index contributed by atoms with van der Waals surface area (Å²) in [6.07, 6.45) is 1.81. The van der Waals surface area contributed by atoms with Crippen molar-refractivity contribution in [2.45, 2.75) is 25.9 Å². The summed E-state index contributed by atoms with van der Waals surface area (Å²) in [5.74, 6) is 0.653. The van der Waals surface area contributed by atoms with Crippen LogP contribution in [-0.2, 0) is 4.74 Å². The van der Waals surface area contributed by atoms with Gasteiger partial charge in [0.25, 0.3) is 0 Å². The molecule has 72 valence electrons. The summed E-state index contributed by atoms with van der Waals surface area (Å²) < 4.78 is 5.14. The normalized spacial score (nSPS) is 26.0. The molecule has 1 rings (SSSR count). The van der Waals surface area contributed by atoms with E-state index in [1.165, 1.54) is 6.42 Å². The highest BCUT2D eigenvalue weighted by Crippen LogP contribution is 2.14. The van der Waals surface area contributed by atoms with Crippen LogP contribution >= 0.6 is 0 Å². The predicted octanol–water partition coefficient (Wildman–Crippen LogP) is 0.383. The predicted molar refractivity (Wildman–Crippen MR) is 48.1 cm³/mol. The number of nitrogens with one attached hydrogen (secondary N) is 1. The van der Waals surface area contributed by atoms with Crippen molar-refractivity contribution in [3.8, 4) is 0 Å². The molecule has 1 fully saturated rings. The largest absolute Gasteiger partial charge is 0.391 e. The second kappa shape index (κ2) is 5.51. The third kappa shape index (κ3) is 3.52. The minimum absolute atomic E-state index is 0.269. The van der Waals surface area contributed by atoms with Gasteiger partial charge in [0.2, 0.25) is 0 Å². The van der Waals surface area contributed by atoms with Crippen LogP contribution in [0.25, 0.3) is 0 Å². The lowest BCUT2D eigenvalue weighted by atomic mass is 10.0. The number of rotatable bonds is 5. The molecule has 1 aliphatic rings. The van der Waals surface area contributed by atoms with Gasteiger partial charge in [0.05, 0.1) is 12.7 Å². The summed E-state index contributed by atoms with van der Waals surface area (Å²) >= 11 is 0. The second-order valence-corrected chi connectivity index (χ2v) is 3.41. The van der Waals surface area contributed by atoms with Crippen LogP contribution < -0.4 is 5.32 Å². The molecule has 1 aliphatic heterocycles. The molecule has 1 heterocycles. The van der Waals surface area contributed by atoms with Gasteiger partial charge in [-0.2, -0.15) is 0 Å². The Morgan fingerprint density at radius 1 is 1.67 bits per heavy atom. The first-order valence-corrected chi connectivity index (χ1v) is 4.79. The van der Waals surface area contributed by atoms with Crippen LogP contribution in [0.1, 0.15) is 19.8 Å². The van der Waals surface area contributed by atoms with Gasteiger partial charge in [0.1, 0.15) is 0 Å². The molecule has 1 saturated heterocycles. The first-order valence-electron chi connectivity index (χ1n) is 4.79. The van der Waals surface area contributed by atoms with E-state index in [9.17, 15) is 5.11 Å². The van der Waals surface area contributed by atoms with Gasteiger partial charge in [-0.25, -0.2) is 0 Å². The summed E-state index contributed by atoms with van der Waals surface area (Å²) in [4.78, 5) is 0. The van der Waals surface area contributed by atoms with E-state index in [0.29, 0.717) is 19.1 Å². The van der Waals surface area contributed by atoms with Gasteiger partial charge in [-0.15, -0.1) is 0 Å². The smallest absolute Gasteiger partial charge is 0.0776 e. The number of hydrogen-bond donors (Lipinski definition) is 2. The van der Waals surface area contributed by atoms with E-state index in [0.717, 1.165) is 19.5 Å². The molecule has 3 heteroatoms. The molecular weight excluding hydrogens is 154 g/mol. The highest BCUT2D eigenvalue weighted by molar-refractivity contribution is 4.73. The Morgan fingerprint density at radius 3 is 3.08 bits per heavy atom. The van der Waals surface area contributed by atoms with E-state index in [1.807, 2.05) is 6.92 Å². The lowest BCUT2D eigenvalue weighted by molar-refractivity contribution is 0.0305. The average molecular weight is 173 g/mol. The number of aliphatic hydroxyl groups excluding tert-OH is 1. The highest BCUT2D eigenvalue weighted by atomic mass is 16.5. The fourth-order valence-corrected chi connectivity index (χ4v) is 1.62. The fraction of sp³-hybridized carbons (Fsp3) is 1.00.